The molecule has 5 heteroatoms. The van der Waals surface area contributed by atoms with E-state index in [9.17, 15) is 13.2 Å². The Morgan fingerprint density at radius 2 is 2.00 bits per heavy atom. The molecule has 0 bridgehead atoms. The predicted molar refractivity (Wildman–Crippen MR) is 66.4 cm³/mol. The van der Waals surface area contributed by atoms with Crippen molar-refractivity contribution in [2.45, 2.75) is 13.3 Å². The zero-order chi connectivity index (χ0) is 13.1. The molecule has 0 aliphatic carbocycles. The van der Waals surface area contributed by atoms with Crippen LogP contribution in [-0.2, 0) is 9.84 Å². The van der Waals surface area contributed by atoms with Crippen LogP contribution in [0.5, 0.6) is 5.75 Å². The Kier molecular flexibility index (Phi) is 4.28. The van der Waals surface area contributed by atoms with E-state index in [0.29, 0.717) is 11.3 Å². The van der Waals surface area contributed by atoms with Crippen molar-refractivity contribution in [1.82, 2.24) is 0 Å². The summed E-state index contributed by atoms with van der Waals surface area (Å²) in [6, 6.07) is 5.07. The SMILES string of the molecule is COc1ccc(C(=O)CCS(C)(=O)=O)cc1C. The summed E-state index contributed by atoms with van der Waals surface area (Å²) in [5, 5.41) is 0. The van der Waals surface area contributed by atoms with Crippen LogP contribution < -0.4 is 4.74 Å². The minimum atomic E-state index is -3.10. The fraction of sp³-hybridized carbons (Fsp3) is 0.417. The van der Waals surface area contributed by atoms with Crippen molar-refractivity contribution in [2.75, 3.05) is 19.1 Å². The zero-order valence-electron chi connectivity index (χ0n) is 10.2. The fourth-order valence-corrected chi connectivity index (χ4v) is 2.03. The lowest BCUT2D eigenvalue weighted by molar-refractivity contribution is 0.0988. The number of hydrogen-bond donors (Lipinski definition) is 0. The lowest BCUT2D eigenvalue weighted by Gasteiger charge is -2.06. The first-order valence-electron chi connectivity index (χ1n) is 5.19. The number of Topliss-reactive ketones (excluding diaryl/α,β-unsaturated/α-hetero) is 1. The summed E-state index contributed by atoms with van der Waals surface area (Å²) >= 11 is 0. The average Bonchev–Trinajstić information content (AvgIpc) is 2.24. The molecular weight excluding hydrogens is 240 g/mol. The second kappa shape index (κ2) is 5.31. The van der Waals surface area contributed by atoms with Gasteiger partial charge in [0.2, 0.25) is 0 Å². The number of ketones is 1. The van der Waals surface area contributed by atoms with E-state index in [1.807, 2.05) is 6.92 Å². The number of aryl methyl sites for hydroxylation is 1. The van der Waals surface area contributed by atoms with Crippen LogP contribution in [0.3, 0.4) is 0 Å². The van der Waals surface area contributed by atoms with Crippen LogP contribution in [0, 0.1) is 6.92 Å². The van der Waals surface area contributed by atoms with Crippen molar-refractivity contribution in [1.29, 1.82) is 0 Å². The highest BCUT2D eigenvalue weighted by Gasteiger charge is 2.11. The van der Waals surface area contributed by atoms with Crippen LogP contribution in [0.25, 0.3) is 0 Å². The number of rotatable bonds is 5. The number of carbonyl (C=O) groups excluding carboxylic acids is 1. The van der Waals surface area contributed by atoms with Gasteiger partial charge in [-0.2, -0.15) is 0 Å². The van der Waals surface area contributed by atoms with Crippen LogP contribution in [0.4, 0.5) is 0 Å². The molecule has 94 valence electrons. The predicted octanol–water partition coefficient (Wildman–Crippen LogP) is 1.62. The van der Waals surface area contributed by atoms with Gasteiger partial charge in [-0.15, -0.1) is 0 Å². The molecule has 1 aromatic rings. The van der Waals surface area contributed by atoms with Gasteiger partial charge >= 0.3 is 0 Å². The first kappa shape index (κ1) is 13.7. The zero-order valence-corrected chi connectivity index (χ0v) is 11.0. The first-order chi connectivity index (χ1) is 7.83. The third-order valence-electron chi connectivity index (χ3n) is 2.42. The molecular formula is C12H16O4S. The molecule has 0 amide bonds. The number of ether oxygens (including phenoxy) is 1. The van der Waals surface area contributed by atoms with E-state index in [4.69, 9.17) is 4.74 Å². The topological polar surface area (TPSA) is 60.4 Å². The van der Waals surface area contributed by atoms with Gasteiger partial charge in [0.1, 0.15) is 15.6 Å². The summed E-state index contributed by atoms with van der Waals surface area (Å²) in [5.41, 5.74) is 1.38. The van der Waals surface area contributed by atoms with Crippen molar-refractivity contribution < 1.29 is 17.9 Å². The maximum absolute atomic E-state index is 11.7. The van der Waals surface area contributed by atoms with Crippen LogP contribution in [0.1, 0.15) is 22.3 Å². The van der Waals surface area contributed by atoms with Gasteiger partial charge in [-0.1, -0.05) is 0 Å². The third-order valence-corrected chi connectivity index (χ3v) is 3.36. The van der Waals surface area contributed by atoms with Crippen molar-refractivity contribution >= 4 is 15.6 Å². The molecule has 0 heterocycles. The lowest BCUT2D eigenvalue weighted by Crippen LogP contribution is -2.09. The number of hydrogen-bond acceptors (Lipinski definition) is 4. The molecule has 0 aromatic heterocycles. The molecule has 0 N–H and O–H groups in total. The van der Waals surface area contributed by atoms with Gasteiger partial charge in [-0.25, -0.2) is 8.42 Å². The molecule has 17 heavy (non-hydrogen) atoms. The summed E-state index contributed by atoms with van der Waals surface area (Å²) in [5.74, 6) is 0.433. The van der Waals surface area contributed by atoms with E-state index in [1.165, 1.54) is 0 Å². The molecule has 1 aromatic carbocycles. The lowest BCUT2D eigenvalue weighted by atomic mass is 10.1. The van der Waals surface area contributed by atoms with Gasteiger partial charge in [0.25, 0.3) is 0 Å². The van der Waals surface area contributed by atoms with Gasteiger partial charge in [-0.05, 0) is 30.7 Å². The molecule has 0 spiro atoms. The molecule has 4 nitrogen and oxygen atoms in total. The molecule has 0 radical (unpaired) electrons. The van der Waals surface area contributed by atoms with E-state index in [1.54, 1.807) is 25.3 Å². The fourth-order valence-electron chi connectivity index (χ4n) is 1.47. The van der Waals surface area contributed by atoms with E-state index >= 15 is 0 Å². The monoisotopic (exact) mass is 256 g/mol. The molecule has 0 unspecified atom stereocenters. The van der Waals surface area contributed by atoms with E-state index < -0.39 is 9.84 Å². The molecule has 0 fully saturated rings. The normalized spacial score (nSPS) is 11.2. The van der Waals surface area contributed by atoms with Crippen molar-refractivity contribution in [3.05, 3.63) is 29.3 Å². The van der Waals surface area contributed by atoms with Gasteiger partial charge in [0.05, 0.1) is 12.9 Å². The number of sulfone groups is 1. The second-order valence-electron chi connectivity index (χ2n) is 3.99. The van der Waals surface area contributed by atoms with Gasteiger partial charge in [0, 0.05) is 18.2 Å². The highest BCUT2D eigenvalue weighted by atomic mass is 32.2. The Hall–Kier alpha value is -1.36. The van der Waals surface area contributed by atoms with Gasteiger partial charge < -0.3 is 4.74 Å². The van der Waals surface area contributed by atoms with Crippen LogP contribution >= 0.6 is 0 Å². The largest absolute Gasteiger partial charge is 0.496 e. The summed E-state index contributed by atoms with van der Waals surface area (Å²) in [6.45, 7) is 1.84. The van der Waals surface area contributed by atoms with Crippen molar-refractivity contribution in [3.8, 4) is 5.75 Å². The number of carbonyl (C=O) groups is 1. The third kappa shape index (κ3) is 4.19. The first-order valence-corrected chi connectivity index (χ1v) is 7.25. The van der Waals surface area contributed by atoms with Gasteiger partial charge in [0.15, 0.2) is 5.78 Å². The summed E-state index contributed by atoms with van der Waals surface area (Å²) in [4.78, 5) is 11.7. The molecule has 0 saturated heterocycles. The van der Waals surface area contributed by atoms with E-state index in [2.05, 4.69) is 0 Å². The minimum absolute atomic E-state index is 0.0185. The highest BCUT2D eigenvalue weighted by molar-refractivity contribution is 7.90. The number of benzene rings is 1. The Morgan fingerprint density at radius 1 is 1.35 bits per heavy atom. The minimum Gasteiger partial charge on any atom is -0.496 e. The molecule has 0 atom stereocenters. The molecule has 0 saturated carbocycles. The van der Waals surface area contributed by atoms with Crippen LogP contribution in [0.15, 0.2) is 18.2 Å². The number of methoxy groups -OCH3 is 1. The Balaban J connectivity index is 2.80. The maximum atomic E-state index is 11.7. The van der Waals surface area contributed by atoms with Crippen LogP contribution in [-0.4, -0.2) is 33.3 Å². The van der Waals surface area contributed by atoms with E-state index in [0.717, 1.165) is 11.8 Å². The van der Waals surface area contributed by atoms with Gasteiger partial charge in [-0.3, -0.25) is 4.79 Å². The average molecular weight is 256 g/mol. The van der Waals surface area contributed by atoms with Crippen molar-refractivity contribution in [3.63, 3.8) is 0 Å². The quantitative estimate of drug-likeness (QED) is 0.751. The Morgan fingerprint density at radius 3 is 2.47 bits per heavy atom. The standard InChI is InChI=1S/C12H16O4S/c1-9-8-10(4-5-12(9)16-2)11(13)6-7-17(3,14)15/h4-5,8H,6-7H2,1-3H3. The molecule has 0 aliphatic heterocycles. The summed E-state index contributed by atoms with van der Waals surface area (Å²) in [7, 11) is -1.53. The Bertz CT molecular complexity index is 517. The molecule has 1 rings (SSSR count). The maximum Gasteiger partial charge on any atom is 0.163 e. The summed E-state index contributed by atoms with van der Waals surface area (Å²) in [6.07, 6.45) is 1.14. The second-order valence-corrected chi connectivity index (χ2v) is 6.25. The van der Waals surface area contributed by atoms with E-state index in [-0.39, 0.29) is 18.0 Å². The highest BCUT2D eigenvalue weighted by Crippen LogP contribution is 2.19. The van der Waals surface area contributed by atoms with Crippen molar-refractivity contribution in [2.24, 2.45) is 0 Å². The smallest absolute Gasteiger partial charge is 0.163 e. The summed E-state index contributed by atoms with van der Waals surface area (Å²) < 4.78 is 27.0. The Labute approximate surface area is 102 Å². The molecule has 0 aliphatic rings. The van der Waals surface area contributed by atoms with Crippen LogP contribution in [0.2, 0.25) is 0 Å².